The zero-order chi connectivity index (χ0) is 15.1. The van der Waals surface area contributed by atoms with Crippen molar-refractivity contribution in [2.75, 3.05) is 12.4 Å². The molecule has 1 aliphatic heterocycles. The van der Waals surface area contributed by atoms with Crippen LogP contribution in [0.1, 0.15) is 11.4 Å². The van der Waals surface area contributed by atoms with E-state index in [2.05, 4.69) is 20.3 Å². The van der Waals surface area contributed by atoms with Crippen LogP contribution in [0.2, 0.25) is 0 Å². The molecule has 2 aromatic heterocycles. The number of aromatic amines is 1. The Morgan fingerprint density at radius 3 is 3.18 bits per heavy atom. The second-order valence-electron chi connectivity index (χ2n) is 5.44. The molecule has 7 heteroatoms. The SMILES string of the molecule is CN1Cc2[nH]cnc2C[C@@H]1C(=O)Nc1nc2ccccc2s1. The Morgan fingerprint density at radius 1 is 1.45 bits per heavy atom. The average molecular weight is 313 g/mol. The summed E-state index contributed by atoms with van der Waals surface area (Å²) in [5.74, 6) is -0.0322. The van der Waals surface area contributed by atoms with Crippen LogP contribution in [-0.4, -0.2) is 38.8 Å². The van der Waals surface area contributed by atoms with Crippen LogP contribution in [0.25, 0.3) is 10.2 Å². The van der Waals surface area contributed by atoms with Gasteiger partial charge in [0.15, 0.2) is 5.13 Å². The van der Waals surface area contributed by atoms with Gasteiger partial charge in [-0.1, -0.05) is 23.5 Å². The van der Waals surface area contributed by atoms with Crippen molar-refractivity contribution in [2.45, 2.75) is 19.0 Å². The zero-order valence-electron chi connectivity index (χ0n) is 12.0. The zero-order valence-corrected chi connectivity index (χ0v) is 12.9. The predicted octanol–water partition coefficient (Wildman–Crippen LogP) is 2.01. The molecule has 0 saturated heterocycles. The second-order valence-corrected chi connectivity index (χ2v) is 6.47. The minimum absolute atomic E-state index is 0.0322. The summed E-state index contributed by atoms with van der Waals surface area (Å²) in [6.45, 7) is 0.702. The van der Waals surface area contributed by atoms with E-state index in [9.17, 15) is 4.79 Å². The molecule has 6 nitrogen and oxygen atoms in total. The summed E-state index contributed by atoms with van der Waals surface area (Å²) in [7, 11) is 1.95. The summed E-state index contributed by atoms with van der Waals surface area (Å²) in [5.41, 5.74) is 2.98. The fraction of sp³-hybridized carbons (Fsp3) is 0.267. The minimum atomic E-state index is -0.220. The number of H-pyrrole nitrogens is 1. The van der Waals surface area contributed by atoms with Crippen molar-refractivity contribution in [3.05, 3.63) is 42.0 Å². The molecule has 1 aromatic carbocycles. The van der Waals surface area contributed by atoms with E-state index in [1.807, 2.05) is 36.2 Å². The van der Waals surface area contributed by atoms with Crippen LogP contribution in [0.5, 0.6) is 0 Å². The number of rotatable bonds is 2. The fourth-order valence-electron chi connectivity index (χ4n) is 2.77. The molecule has 1 aliphatic rings. The molecule has 0 saturated carbocycles. The molecule has 4 rings (SSSR count). The molecule has 0 bridgehead atoms. The summed E-state index contributed by atoms with van der Waals surface area (Å²) < 4.78 is 1.07. The van der Waals surface area contributed by atoms with Crippen LogP contribution < -0.4 is 5.32 Å². The third kappa shape index (κ3) is 2.28. The first-order valence-corrected chi connectivity index (χ1v) is 7.90. The molecule has 1 amide bonds. The molecule has 0 spiro atoms. The molecular formula is C15H15N5OS. The van der Waals surface area contributed by atoms with E-state index in [-0.39, 0.29) is 11.9 Å². The maximum absolute atomic E-state index is 12.6. The fourth-order valence-corrected chi connectivity index (χ4v) is 3.64. The number of thiazole rings is 1. The van der Waals surface area contributed by atoms with Gasteiger partial charge in [0.25, 0.3) is 0 Å². The van der Waals surface area contributed by atoms with Gasteiger partial charge in [-0.05, 0) is 19.2 Å². The van der Waals surface area contributed by atoms with E-state index in [1.165, 1.54) is 11.3 Å². The number of hydrogen-bond acceptors (Lipinski definition) is 5. The Balaban J connectivity index is 1.54. The highest BCUT2D eigenvalue weighted by Crippen LogP contribution is 2.26. The number of aromatic nitrogens is 3. The van der Waals surface area contributed by atoms with Gasteiger partial charge in [-0.15, -0.1) is 0 Å². The van der Waals surface area contributed by atoms with Crippen LogP contribution in [0.15, 0.2) is 30.6 Å². The Hall–Kier alpha value is -2.25. The third-order valence-electron chi connectivity index (χ3n) is 3.96. The van der Waals surface area contributed by atoms with Crippen LogP contribution in [0.3, 0.4) is 0 Å². The van der Waals surface area contributed by atoms with E-state index < -0.39 is 0 Å². The highest BCUT2D eigenvalue weighted by molar-refractivity contribution is 7.22. The lowest BCUT2D eigenvalue weighted by Gasteiger charge is -2.30. The first-order chi connectivity index (χ1) is 10.7. The Morgan fingerprint density at radius 2 is 2.32 bits per heavy atom. The maximum atomic E-state index is 12.6. The Kier molecular flexibility index (Phi) is 3.16. The summed E-state index contributed by atoms with van der Waals surface area (Å²) in [6.07, 6.45) is 2.30. The molecule has 3 aromatic rings. The van der Waals surface area contributed by atoms with Crippen molar-refractivity contribution >= 4 is 32.6 Å². The van der Waals surface area contributed by atoms with E-state index in [0.29, 0.717) is 18.1 Å². The third-order valence-corrected chi connectivity index (χ3v) is 4.91. The van der Waals surface area contributed by atoms with Gasteiger partial charge in [0.05, 0.1) is 34.0 Å². The second kappa shape index (κ2) is 5.19. The van der Waals surface area contributed by atoms with Crippen LogP contribution in [0, 0.1) is 0 Å². The number of nitrogens with one attached hydrogen (secondary N) is 2. The minimum Gasteiger partial charge on any atom is -0.347 e. The molecule has 2 N–H and O–H groups in total. The molecule has 0 radical (unpaired) electrons. The largest absolute Gasteiger partial charge is 0.347 e. The summed E-state index contributed by atoms with van der Waals surface area (Å²) in [4.78, 5) is 26.5. The topological polar surface area (TPSA) is 73.9 Å². The van der Waals surface area contributed by atoms with Crippen molar-refractivity contribution in [1.82, 2.24) is 19.9 Å². The molecule has 22 heavy (non-hydrogen) atoms. The standard InChI is InChI=1S/C15H15N5OS/c1-20-7-11-10(16-8-17-11)6-12(20)14(21)19-15-18-9-4-2-3-5-13(9)22-15/h2-5,8,12H,6-7H2,1H3,(H,16,17)(H,18,19,21)/t12-/m1/s1. The van der Waals surface area contributed by atoms with Gasteiger partial charge in [0.1, 0.15) is 0 Å². The van der Waals surface area contributed by atoms with Gasteiger partial charge in [-0.3, -0.25) is 9.69 Å². The van der Waals surface area contributed by atoms with E-state index in [0.717, 1.165) is 21.6 Å². The summed E-state index contributed by atoms with van der Waals surface area (Å²) >= 11 is 1.49. The number of hydrogen-bond donors (Lipinski definition) is 2. The van der Waals surface area contributed by atoms with Crippen molar-refractivity contribution < 1.29 is 4.79 Å². The lowest BCUT2D eigenvalue weighted by molar-refractivity contribution is -0.121. The monoisotopic (exact) mass is 313 g/mol. The first-order valence-electron chi connectivity index (χ1n) is 7.08. The molecule has 112 valence electrons. The van der Waals surface area contributed by atoms with Crippen LogP contribution >= 0.6 is 11.3 Å². The van der Waals surface area contributed by atoms with Gasteiger partial charge < -0.3 is 10.3 Å². The Bertz CT molecular complexity index is 806. The number of imidazole rings is 1. The number of nitrogens with zero attached hydrogens (tertiary/aromatic N) is 3. The average Bonchev–Trinajstić information content (AvgIpc) is 3.11. The van der Waals surface area contributed by atoms with E-state index in [4.69, 9.17) is 0 Å². The quantitative estimate of drug-likeness (QED) is 0.759. The number of carbonyl (C=O) groups excluding carboxylic acids is 1. The Labute approximate surface area is 131 Å². The first kappa shape index (κ1) is 13.4. The lowest BCUT2D eigenvalue weighted by Crippen LogP contribution is -2.45. The summed E-state index contributed by atoms with van der Waals surface area (Å²) in [6, 6.07) is 7.65. The molecule has 1 atom stereocenters. The number of fused-ring (bicyclic) bond motifs is 2. The molecule has 0 aliphatic carbocycles. The van der Waals surface area contributed by atoms with Crippen molar-refractivity contribution in [1.29, 1.82) is 0 Å². The lowest BCUT2D eigenvalue weighted by atomic mass is 10.0. The number of carbonyl (C=O) groups is 1. The highest BCUT2D eigenvalue weighted by atomic mass is 32.1. The number of likely N-dealkylation sites (N-methyl/N-ethyl adjacent to an activating group) is 1. The number of benzene rings is 1. The molecular weight excluding hydrogens is 298 g/mol. The molecule has 0 unspecified atom stereocenters. The number of amides is 1. The van der Waals surface area contributed by atoms with Crippen molar-refractivity contribution in [3.8, 4) is 0 Å². The van der Waals surface area contributed by atoms with Gasteiger partial charge >= 0.3 is 0 Å². The van der Waals surface area contributed by atoms with Gasteiger partial charge in [0.2, 0.25) is 5.91 Å². The van der Waals surface area contributed by atoms with Crippen molar-refractivity contribution in [2.24, 2.45) is 0 Å². The van der Waals surface area contributed by atoms with Crippen molar-refractivity contribution in [3.63, 3.8) is 0 Å². The van der Waals surface area contributed by atoms with Gasteiger partial charge in [0, 0.05) is 13.0 Å². The predicted molar refractivity (Wildman–Crippen MR) is 85.8 cm³/mol. The molecule has 0 fully saturated rings. The van der Waals surface area contributed by atoms with Crippen LogP contribution in [-0.2, 0) is 17.8 Å². The number of anilines is 1. The normalized spacial score (nSPS) is 18.3. The van der Waals surface area contributed by atoms with Gasteiger partial charge in [-0.2, -0.15) is 0 Å². The smallest absolute Gasteiger partial charge is 0.243 e. The van der Waals surface area contributed by atoms with Crippen LogP contribution in [0.4, 0.5) is 5.13 Å². The van der Waals surface area contributed by atoms with Gasteiger partial charge in [-0.25, -0.2) is 9.97 Å². The molecule has 3 heterocycles. The summed E-state index contributed by atoms with van der Waals surface area (Å²) in [5, 5.41) is 3.59. The highest BCUT2D eigenvalue weighted by Gasteiger charge is 2.31. The number of para-hydroxylation sites is 1. The maximum Gasteiger partial charge on any atom is 0.243 e. The van der Waals surface area contributed by atoms with E-state index >= 15 is 0 Å². The van der Waals surface area contributed by atoms with E-state index in [1.54, 1.807) is 6.33 Å².